The smallest absolute Gasteiger partial charge is 0.124 e. The summed E-state index contributed by atoms with van der Waals surface area (Å²) in [7, 11) is 1.97. The average molecular weight is 326 g/mol. The van der Waals surface area contributed by atoms with Crippen molar-refractivity contribution in [3.8, 4) is 5.75 Å². The Bertz CT molecular complexity index is 400. The summed E-state index contributed by atoms with van der Waals surface area (Å²) in [5, 5.41) is 3.20. The van der Waals surface area contributed by atoms with Gasteiger partial charge in [0.05, 0.1) is 6.10 Å². The van der Waals surface area contributed by atoms with E-state index in [0.717, 1.165) is 22.7 Å². The Kier molecular flexibility index (Phi) is 5.71. The lowest BCUT2D eigenvalue weighted by Gasteiger charge is -2.29. The molecule has 1 aromatic carbocycles. The topological polar surface area (TPSA) is 21.3 Å². The maximum Gasteiger partial charge on any atom is 0.124 e. The molecule has 0 aromatic heterocycles. The molecule has 1 aromatic rings. The molecule has 0 spiro atoms. The van der Waals surface area contributed by atoms with E-state index in [4.69, 9.17) is 4.74 Å². The summed E-state index contributed by atoms with van der Waals surface area (Å²) in [5.41, 5.74) is 1.23. The lowest BCUT2D eigenvalue weighted by Crippen LogP contribution is -2.24. The molecule has 3 heteroatoms. The third kappa shape index (κ3) is 4.22. The molecule has 1 aliphatic carbocycles. The molecule has 0 saturated heterocycles. The largest absolute Gasteiger partial charge is 0.490 e. The summed E-state index contributed by atoms with van der Waals surface area (Å²) in [6.45, 7) is 3.14. The molecule has 0 amide bonds. The number of nitrogens with one attached hydrogen (secondary N) is 1. The molecule has 1 N–H and O–H groups in total. The normalized spacial score (nSPS) is 23.3. The first-order valence-corrected chi connectivity index (χ1v) is 8.12. The van der Waals surface area contributed by atoms with Crippen molar-refractivity contribution in [2.24, 2.45) is 5.92 Å². The van der Waals surface area contributed by atoms with E-state index in [1.807, 2.05) is 7.05 Å². The van der Waals surface area contributed by atoms with Gasteiger partial charge in [-0.1, -0.05) is 29.3 Å². The molecule has 0 bridgehead atoms. The monoisotopic (exact) mass is 325 g/mol. The fraction of sp³-hybridized carbons (Fsp3) is 0.625. The summed E-state index contributed by atoms with van der Waals surface area (Å²) >= 11 is 3.53. The van der Waals surface area contributed by atoms with Gasteiger partial charge < -0.3 is 10.1 Å². The van der Waals surface area contributed by atoms with E-state index < -0.39 is 0 Å². The van der Waals surface area contributed by atoms with Crippen molar-refractivity contribution in [2.75, 3.05) is 7.05 Å². The maximum atomic E-state index is 6.23. The molecule has 1 aliphatic rings. The molecule has 2 rings (SSSR count). The lowest BCUT2D eigenvalue weighted by molar-refractivity contribution is 0.128. The zero-order valence-electron chi connectivity index (χ0n) is 11.9. The zero-order chi connectivity index (χ0) is 13.7. The van der Waals surface area contributed by atoms with Crippen LogP contribution in [0.1, 0.15) is 44.6 Å². The molecule has 2 nitrogen and oxygen atoms in total. The maximum absolute atomic E-state index is 6.23. The van der Waals surface area contributed by atoms with Crippen LogP contribution in [0.2, 0.25) is 0 Å². The van der Waals surface area contributed by atoms with E-state index in [2.05, 4.69) is 46.4 Å². The van der Waals surface area contributed by atoms with Crippen LogP contribution < -0.4 is 10.1 Å². The zero-order valence-corrected chi connectivity index (χ0v) is 13.5. The van der Waals surface area contributed by atoms with Gasteiger partial charge >= 0.3 is 0 Å². The third-order valence-corrected chi connectivity index (χ3v) is 4.55. The predicted octanol–water partition coefficient (Wildman–Crippen LogP) is 4.52. The lowest BCUT2D eigenvalue weighted by atomic mass is 9.86. The molecule has 19 heavy (non-hydrogen) atoms. The first-order valence-electron chi connectivity index (χ1n) is 7.32. The quantitative estimate of drug-likeness (QED) is 0.859. The van der Waals surface area contributed by atoms with Crippen molar-refractivity contribution < 1.29 is 4.74 Å². The summed E-state index contributed by atoms with van der Waals surface area (Å²) in [6, 6.07) is 6.29. The van der Waals surface area contributed by atoms with Gasteiger partial charge in [0.15, 0.2) is 0 Å². The van der Waals surface area contributed by atoms with Gasteiger partial charge in [-0.05, 0) is 56.8 Å². The van der Waals surface area contributed by atoms with E-state index in [1.165, 1.54) is 37.7 Å². The van der Waals surface area contributed by atoms with E-state index in [0.29, 0.717) is 6.10 Å². The standard InChI is InChI=1S/C16H24BrNO/c1-3-12-4-7-15(8-5-12)19-16-9-6-14(17)10-13(16)11-18-2/h6,9-10,12,15,18H,3-5,7-8,11H2,1-2H3. The highest BCUT2D eigenvalue weighted by Crippen LogP contribution is 2.31. The summed E-state index contributed by atoms with van der Waals surface area (Å²) < 4.78 is 7.34. The number of hydrogen-bond donors (Lipinski definition) is 1. The molecule has 0 radical (unpaired) electrons. The highest BCUT2D eigenvalue weighted by Gasteiger charge is 2.21. The number of hydrogen-bond acceptors (Lipinski definition) is 2. The Morgan fingerprint density at radius 2 is 2.00 bits per heavy atom. The molecule has 106 valence electrons. The minimum Gasteiger partial charge on any atom is -0.490 e. The SMILES string of the molecule is CCC1CCC(Oc2ccc(Br)cc2CNC)CC1. The second kappa shape index (κ2) is 7.30. The molecule has 0 atom stereocenters. The van der Waals surface area contributed by atoms with Crippen molar-refractivity contribution in [1.29, 1.82) is 0 Å². The second-order valence-electron chi connectivity index (χ2n) is 5.45. The van der Waals surface area contributed by atoms with Crippen molar-refractivity contribution >= 4 is 15.9 Å². The van der Waals surface area contributed by atoms with Gasteiger partial charge in [-0.15, -0.1) is 0 Å². The minimum atomic E-state index is 0.402. The minimum absolute atomic E-state index is 0.402. The molecule has 0 heterocycles. The van der Waals surface area contributed by atoms with E-state index in [1.54, 1.807) is 0 Å². The molecule has 0 unspecified atom stereocenters. The van der Waals surface area contributed by atoms with Crippen molar-refractivity contribution in [3.05, 3.63) is 28.2 Å². The number of rotatable bonds is 5. The summed E-state index contributed by atoms with van der Waals surface area (Å²) in [6.07, 6.45) is 6.76. The van der Waals surface area contributed by atoms with Crippen molar-refractivity contribution in [2.45, 2.75) is 51.7 Å². The fourth-order valence-corrected chi connectivity index (χ4v) is 3.24. The van der Waals surface area contributed by atoms with Crippen LogP contribution in [0.4, 0.5) is 0 Å². The highest BCUT2D eigenvalue weighted by atomic mass is 79.9. The Balaban J connectivity index is 1.99. The molecule has 0 aliphatic heterocycles. The Morgan fingerprint density at radius 1 is 1.26 bits per heavy atom. The number of benzene rings is 1. The fourth-order valence-electron chi connectivity index (χ4n) is 2.83. The van der Waals surface area contributed by atoms with Gasteiger partial charge in [0.1, 0.15) is 5.75 Å². The first-order chi connectivity index (χ1) is 9.22. The van der Waals surface area contributed by atoms with Crippen LogP contribution in [0.25, 0.3) is 0 Å². The Morgan fingerprint density at radius 3 is 2.63 bits per heavy atom. The van der Waals surface area contributed by atoms with Crippen LogP contribution in [0.5, 0.6) is 5.75 Å². The predicted molar refractivity (Wildman–Crippen MR) is 83.6 cm³/mol. The highest BCUT2D eigenvalue weighted by molar-refractivity contribution is 9.10. The molecule has 1 saturated carbocycles. The van der Waals surface area contributed by atoms with Crippen LogP contribution in [0.3, 0.4) is 0 Å². The Hall–Kier alpha value is -0.540. The first kappa shape index (κ1) is 14.9. The van der Waals surface area contributed by atoms with Crippen LogP contribution in [-0.4, -0.2) is 13.2 Å². The van der Waals surface area contributed by atoms with Crippen LogP contribution >= 0.6 is 15.9 Å². The van der Waals surface area contributed by atoms with Gasteiger partial charge in [0.25, 0.3) is 0 Å². The Labute approximate surface area is 125 Å². The van der Waals surface area contributed by atoms with Crippen molar-refractivity contribution in [3.63, 3.8) is 0 Å². The van der Waals surface area contributed by atoms with Crippen LogP contribution in [0, 0.1) is 5.92 Å². The van der Waals surface area contributed by atoms with E-state index in [9.17, 15) is 0 Å². The number of halogens is 1. The van der Waals surface area contributed by atoms with Gasteiger partial charge in [0.2, 0.25) is 0 Å². The van der Waals surface area contributed by atoms with Gasteiger partial charge in [-0.2, -0.15) is 0 Å². The average Bonchev–Trinajstić information content (AvgIpc) is 2.43. The second-order valence-corrected chi connectivity index (χ2v) is 6.37. The van der Waals surface area contributed by atoms with Gasteiger partial charge in [-0.25, -0.2) is 0 Å². The van der Waals surface area contributed by atoms with E-state index in [-0.39, 0.29) is 0 Å². The molecular weight excluding hydrogens is 302 g/mol. The number of ether oxygens (including phenoxy) is 1. The van der Waals surface area contributed by atoms with Gasteiger partial charge in [0, 0.05) is 16.6 Å². The summed E-state index contributed by atoms with van der Waals surface area (Å²) in [5.74, 6) is 1.96. The van der Waals surface area contributed by atoms with Crippen LogP contribution in [-0.2, 0) is 6.54 Å². The molecular formula is C16H24BrNO. The van der Waals surface area contributed by atoms with Crippen LogP contribution in [0.15, 0.2) is 22.7 Å². The van der Waals surface area contributed by atoms with E-state index >= 15 is 0 Å². The molecule has 1 fully saturated rings. The third-order valence-electron chi connectivity index (χ3n) is 4.05. The van der Waals surface area contributed by atoms with Gasteiger partial charge in [-0.3, -0.25) is 0 Å². The van der Waals surface area contributed by atoms with Crippen molar-refractivity contribution in [1.82, 2.24) is 5.32 Å². The summed E-state index contributed by atoms with van der Waals surface area (Å²) in [4.78, 5) is 0.